The molecule has 2 rings (SSSR count). The molecule has 25 heavy (non-hydrogen) atoms. The molecule has 0 spiro atoms. The summed E-state index contributed by atoms with van der Waals surface area (Å²) in [5.74, 6) is 0.882. The normalized spacial score (nSPS) is 19.5. The van der Waals surface area contributed by atoms with Crippen LogP contribution in [-0.2, 0) is 4.79 Å². The van der Waals surface area contributed by atoms with Crippen LogP contribution in [0.4, 0.5) is 0 Å². The zero-order valence-electron chi connectivity index (χ0n) is 15.9. The van der Waals surface area contributed by atoms with Crippen LogP contribution in [-0.4, -0.2) is 34.2 Å². The third-order valence-electron chi connectivity index (χ3n) is 3.81. The SMILES string of the molecule is CC[C@@H](C)Oc1ccc(/C=C2/SC(=NC(C)C)N(C(C)C)C2=O)cc1. The number of benzene rings is 1. The van der Waals surface area contributed by atoms with E-state index in [1.807, 2.05) is 58.0 Å². The van der Waals surface area contributed by atoms with Crippen LogP contribution in [0.25, 0.3) is 6.08 Å². The van der Waals surface area contributed by atoms with Crippen LogP contribution in [0.5, 0.6) is 5.75 Å². The van der Waals surface area contributed by atoms with Crippen LogP contribution in [0.1, 0.15) is 53.5 Å². The molecule has 1 amide bonds. The summed E-state index contributed by atoms with van der Waals surface area (Å²) in [6.45, 7) is 12.2. The molecular weight excluding hydrogens is 332 g/mol. The Labute approximate surface area is 155 Å². The summed E-state index contributed by atoms with van der Waals surface area (Å²) >= 11 is 1.45. The van der Waals surface area contributed by atoms with E-state index in [4.69, 9.17) is 4.74 Å². The fraction of sp³-hybridized carbons (Fsp3) is 0.500. The second-order valence-corrected chi connectivity index (χ2v) is 7.80. The number of nitrogens with zero attached hydrogens (tertiary/aromatic N) is 2. The molecule has 1 aromatic carbocycles. The van der Waals surface area contributed by atoms with E-state index >= 15 is 0 Å². The van der Waals surface area contributed by atoms with E-state index < -0.39 is 0 Å². The van der Waals surface area contributed by atoms with Crippen molar-refractivity contribution in [2.75, 3.05) is 0 Å². The molecular formula is C20H28N2O2S. The monoisotopic (exact) mass is 360 g/mol. The minimum Gasteiger partial charge on any atom is -0.491 e. The molecule has 0 radical (unpaired) electrons. The van der Waals surface area contributed by atoms with E-state index in [-0.39, 0.29) is 24.1 Å². The zero-order valence-corrected chi connectivity index (χ0v) is 16.8. The molecule has 4 nitrogen and oxygen atoms in total. The van der Waals surface area contributed by atoms with Crippen molar-refractivity contribution < 1.29 is 9.53 Å². The second kappa shape index (κ2) is 8.56. The Morgan fingerprint density at radius 1 is 1.16 bits per heavy atom. The molecule has 0 aromatic heterocycles. The van der Waals surface area contributed by atoms with Gasteiger partial charge in [0.25, 0.3) is 5.91 Å². The highest BCUT2D eigenvalue weighted by Crippen LogP contribution is 2.34. The number of carbonyl (C=O) groups is 1. The van der Waals surface area contributed by atoms with Gasteiger partial charge in [-0.1, -0.05) is 19.1 Å². The molecule has 0 aliphatic carbocycles. The summed E-state index contributed by atoms with van der Waals surface area (Å²) in [7, 11) is 0. The maximum absolute atomic E-state index is 12.7. The number of aliphatic imine (C=N–C) groups is 1. The van der Waals surface area contributed by atoms with Crippen LogP contribution >= 0.6 is 11.8 Å². The van der Waals surface area contributed by atoms with Crippen molar-refractivity contribution in [3.8, 4) is 5.75 Å². The highest BCUT2D eigenvalue weighted by molar-refractivity contribution is 8.18. The lowest BCUT2D eigenvalue weighted by Crippen LogP contribution is -2.35. The molecule has 1 atom stereocenters. The zero-order chi connectivity index (χ0) is 18.6. The molecule has 1 saturated heterocycles. The number of amidine groups is 1. The first kappa shape index (κ1) is 19.6. The van der Waals surface area contributed by atoms with Crippen molar-refractivity contribution in [1.82, 2.24) is 4.90 Å². The molecule has 5 heteroatoms. The number of amides is 1. The van der Waals surface area contributed by atoms with Crippen LogP contribution in [0, 0.1) is 0 Å². The fourth-order valence-electron chi connectivity index (χ4n) is 2.36. The number of hydrogen-bond donors (Lipinski definition) is 0. The first-order valence-corrected chi connectivity index (χ1v) is 9.71. The van der Waals surface area contributed by atoms with E-state index in [9.17, 15) is 4.79 Å². The molecule has 0 unspecified atom stereocenters. The summed E-state index contributed by atoms with van der Waals surface area (Å²) in [6.07, 6.45) is 3.10. The smallest absolute Gasteiger partial charge is 0.266 e. The maximum atomic E-state index is 12.7. The molecule has 0 N–H and O–H groups in total. The number of carbonyl (C=O) groups excluding carboxylic acids is 1. The van der Waals surface area contributed by atoms with Crippen LogP contribution in [0.3, 0.4) is 0 Å². The van der Waals surface area contributed by atoms with Crippen molar-refractivity contribution in [2.24, 2.45) is 4.99 Å². The molecule has 0 bridgehead atoms. The van der Waals surface area contributed by atoms with Crippen molar-refractivity contribution in [3.63, 3.8) is 0 Å². The summed E-state index contributed by atoms with van der Waals surface area (Å²) in [4.78, 5) is 19.8. The molecule has 1 aliphatic rings. The predicted octanol–water partition coefficient (Wildman–Crippen LogP) is 4.95. The third kappa shape index (κ3) is 5.11. The van der Waals surface area contributed by atoms with Gasteiger partial charge in [-0.25, -0.2) is 0 Å². The topological polar surface area (TPSA) is 41.9 Å². The first-order valence-electron chi connectivity index (χ1n) is 8.89. The lowest BCUT2D eigenvalue weighted by molar-refractivity contribution is -0.123. The number of thioether (sulfide) groups is 1. The summed E-state index contributed by atoms with van der Waals surface area (Å²) < 4.78 is 5.80. The van der Waals surface area contributed by atoms with Crippen LogP contribution in [0.2, 0.25) is 0 Å². The van der Waals surface area contributed by atoms with E-state index in [0.29, 0.717) is 4.91 Å². The molecule has 1 fully saturated rings. The van der Waals surface area contributed by atoms with Crippen molar-refractivity contribution in [2.45, 2.75) is 66.2 Å². The predicted molar refractivity (Wildman–Crippen MR) is 107 cm³/mol. The van der Waals surface area contributed by atoms with Gasteiger partial charge in [0.15, 0.2) is 5.17 Å². The Balaban J connectivity index is 2.21. The van der Waals surface area contributed by atoms with Gasteiger partial charge in [0.05, 0.1) is 11.0 Å². The standard InChI is InChI=1S/C20H28N2O2S/c1-7-15(6)24-17-10-8-16(9-11-17)12-18-19(23)22(14(4)5)20(25-18)21-13(2)3/h8-15H,7H2,1-6H3/b18-12+,21-20?/t15-/m1/s1. The Morgan fingerprint density at radius 2 is 1.80 bits per heavy atom. The first-order chi connectivity index (χ1) is 11.8. The molecule has 0 saturated carbocycles. The lowest BCUT2D eigenvalue weighted by atomic mass is 10.2. The van der Waals surface area contributed by atoms with E-state index in [1.165, 1.54) is 11.8 Å². The molecule has 1 aliphatic heterocycles. The Morgan fingerprint density at radius 3 is 2.32 bits per heavy atom. The van der Waals surface area contributed by atoms with Crippen molar-refractivity contribution in [1.29, 1.82) is 0 Å². The van der Waals surface area contributed by atoms with E-state index in [0.717, 1.165) is 22.9 Å². The third-order valence-corrected chi connectivity index (χ3v) is 4.81. The van der Waals surface area contributed by atoms with Gasteiger partial charge < -0.3 is 4.74 Å². The summed E-state index contributed by atoms with van der Waals surface area (Å²) in [5.41, 5.74) is 0.988. The van der Waals surface area contributed by atoms with E-state index in [1.54, 1.807) is 4.90 Å². The average molecular weight is 361 g/mol. The van der Waals surface area contributed by atoms with Gasteiger partial charge >= 0.3 is 0 Å². The van der Waals surface area contributed by atoms with Gasteiger partial charge in [0.2, 0.25) is 0 Å². The van der Waals surface area contributed by atoms with Gasteiger partial charge in [0.1, 0.15) is 5.75 Å². The second-order valence-electron chi connectivity index (χ2n) is 6.79. The average Bonchev–Trinajstić information content (AvgIpc) is 2.84. The van der Waals surface area contributed by atoms with Crippen LogP contribution in [0.15, 0.2) is 34.2 Å². The van der Waals surface area contributed by atoms with Gasteiger partial charge in [-0.05, 0) is 76.6 Å². The van der Waals surface area contributed by atoms with Gasteiger partial charge in [-0.15, -0.1) is 0 Å². The largest absolute Gasteiger partial charge is 0.491 e. The fourth-order valence-corrected chi connectivity index (χ4v) is 3.60. The number of hydrogen-bond acceptors (Lipinski definition) is 4. The van der Waals surface area contributed by atoms with Crippen molar-refractivity contribution in [3.05, 3.63) is 34.7 Å². The van der Waals surface area contributed by atoms with E-state index in [2.05, 4.69) is 18.8 Å². The Hall–Kier alpha value is -1.75. The molecule has 1 aromatic rings. The Bertz CT molecular complexity index is 663. The lowest BCUT2D eigenvalue weighted by Gasteiger charge is -2.20. The summed E-state index contributed by atoms with van der Waals surface area (Å²) in [5, 5.41) is 0.790. The van der Waals surface area contributed by atoms with Crippen molar-refractivity contribution >= 4 is 28.9 Å². The summed E-state index contributed by atoms with van der Waals surface area (Å²) in [6, 6.07) is 8.12. The van der Waals surface area contributed by atoms with Crippen LogP contribution < -0.4 is 4.74 Å². The molecule has 1 heterocycles. The van der Waals surface area contributed by atoms with Gasteiger partial charge in [0, 0.05) is 12.1 Å². The maximum Gasteiger partial charge on any atom is 0.266 e. The highest BCUT2D eigenvalue weighted by atomic mass is 32.2. The molecule has 136 valence electrons. The minimum absolute atomic E-state index is 0.0272. The number of ether oxygens (including phenoxy) is 1. The van der Waals surface area contributed by atoms with Gasteiger partial charge in [-0.2, -0.15) is 0 Å². The van der Waals surface area contributed by atoms with Gasteiger partial charge in [-0.3, -0.25) is 14.7 Å². The highest BCUT2D eigenvalue weighted by Gasteiger charge is 2.35. The number of rotatable bonds is 6. The Kier molecular flexibility index (Phi) is 6.71. The quantitative estimate of drug-likeness (QED) is 0.674. The minimum atomic E-state index is 0.0272.